The molecule has 0 saturated heterocycles. The third-order valence-corrected chi connectivity index (χ3v) is 3.43. The van der Waals surface area contributed by atoms with Crippen molar-refractivity contribution in [2.45, 2.75) is 0 Å². The van der Waals surface area contributed by atoms with E-state index < -0.39 is 0 Å². The zero-order valence-corrected chi connectivity index (χ0v) is 13.7. The van der Waals surface area contributed by atoms with Gasteiger partial charge in [-0.05, 0) is 24.3 Å². The van der Waals surface area contributed by atoms with Gasteiger partial charge in [0.2, 0.25) is 0 Å². The summed E-state index contributed by atoms with van der Waals surface area (Å²) in [6.07, 6.45) is 8.70. The van der Waals surface area contributed by atoms with Crippen molar-refractivity contribution in [1.29, 1.82) is 0 Å². The largest absolute Gasteiger partial charge is 0.351 e. The Hall–Kier alpha value is -3.53. The summed E-state index contributed by atoms with van der Waals surface area (Å²) in [5.74, 6) is 0. The number of benzene rings is 2. The molecule has 0 aliphatic rings. The molecule has 0 fully saturated rings. The zero-order valence-electron chi connectivity index (χ0n) is 13.7. The summed E-state index contributed by atoms with van der Waals surface area (Å²) < 4.78 is 0. The van der Waals surface area contributed by atoms with Crippen LogP contribution in [0.4, 0.5) is 0 Å². The van der Waals surface area contributed by atoms with Gasteiger partial charge in [-0.2, -0.15) is 0 Å². The van der Waals surface area contributed by atoms with Gasteiger partial charge >= 0.3 is 0 Å². The normalized spacial score (nSPS) is 9.60. The van der Waals surface area contributed by atoms with Crippen LogP contribution in [-0.4, -0.2) is 19.9 Å². The van der Waals surface area contributed by atoms with Gasteiger partial charge in [0.25, 0.3) is 0 Å². The van der Waals surface area contributed by atoms with Gasteiger partial charge in [-0.1, -0.05) is 48.5 Å². The number of hydrogen-bond donors (Lipinski definition) is 1. The van der Waals surface area contributed by atoms with Crippen molar-refractivity contribution in [2.75, 3.05) is 0 Å². The first kappa shape index (κ1) is 16.3. The van der Waals surface area contributed by atoms with Crippen LogP contribution in [0.15, 0.2) is 104 Å². The topological polar surface area (TPSA) is 54.5 Å². The maximum absolute atomic E-state index is 4.18. The first-order valence-corrected chi connectivity index (χ1v) is 7.96. The van der Waals surface area contributed by atoms with Crippen molar-refractivity contribution in [1.82, 2.24) is 19.9 Å². The minimum atomic E-state index is 1.06. The lowest BCUT2D eigenvalue weighted by molar-refractivity contribution is 1.31. The predicted octanol–water partition coefficient (Wildman–Crippen LogP) is 4.88. The molecule has 0 radical (unpaired) electrons. The molecule has 0 bridgehead atoms. The molecule has 5 rings (SSSR count). The van der Waals surface area contributed by atoms with Gasteiger partial charge in [0, 0.05) is 35.6 Å². The van der Waals surface area contributed by atoms with Crippen molar-refractivity contribution in [2.24, 2.45) is 0 Å². The third-order valence-electron chi connectivity index (χ3n) is 3.43. The summed E-state index contributed by atoms with van der Waals surface area (Å²) in [6.45, 7) is 0. The second-order valence-corrected chi connectivity index (χ2v) is 5.15. The van der Waals surface area contributed by atoms with Gasteiger partial charge in [0.1, 0.15) is 0 Å². The molecule has 3 heterocycles. The summed E-state index contributed by atoms with van der Waals surface area (Å²) in [6, 6.07) is 24.2. The van der Waals surface area contributed by atoms with Crippen LogP contribution in [0.1, 0.15) is 0 Å². The van der Waals surface area contributed by atoms with E-state index >= 15 is 0 Å². The number of nitrogens with one attached hydrogen (secondary N) is 1. The summed E-state index contributed by atoms with van der Waals surface area (Å²) in [5.41, 5.74) is 2.12. The van der Waals surface area contributed by atoms with E-state index in [4.69, 9.17) is 0 Å². The van der Waals surface area contributed by atoms with Gasteiger partial charge < -0.3 is 4.98 Å². The molecular weight excluding hydrogens is 308 g/mol. The monoisotopic (exact) mass is 326 g/mol. The van der Waals surface area contributed by atoms with Crippen LogP contribution in [0.5, 0.6) is 0 Å². The van der Waals surface area contributed by atoms with Crippen LogP contribution in [-0.2, 0) is 0 Å². The first-order chi connectivity index (χ1) is 12.4. The zero-order chi connectivity index (χ0) is 17.2. The number of H-pyrrole nitrogens is 1. The average molecular weight is 326 g/mol. The molecule has 0 amide bonds. The number of hydrogen-bond acceptors (Lipinski definition) is 3. The Morgan fingerprint density at radius 2 is 1.08 bits per heavy atom. The molecule has 25 heavy (non-hydrogen) atoms. The highest BCUT2D eigenvalue weighted by molar-refractivity contribution is 5.78. The number of imidazole rings is 1. The van der Waals surface area contributed by atoms with Crippen LogP contribution in [0.2, 0.25) is 0 Å². The summed E-state index contributed by atoms with van der Waals surface area (Å²) in [5, 5.41) is 2.40. The van der Waals surface area contributed by atoms with Gasteiger partial charge in [0.15, 0.2) is 0 Å². The minimum absolute atomic E-state index is 1.06. The number of para-hydroxylation sites is 2. The average Bonchev–Trinajstić information content (AvgIpc) is 3.29. The van der Waals surface area contributed by atoms with Crippen LogP contribution < -0.4 is 0 Å². The lowest BCUT2D eigenvalue weighted by atomic mass is 10.2. The van der Waals surface area contributed by atoms with E-state index in [0.29, 0.717) is 0 Å². The van der Waals surface area contributed by atoms with Crippen LogP contribution in [0, 0.1) is 0 Å². The molecule has 0 spiro atoms. The highest BCUT2D eigenvalue weighted by atomic mass is 14.8. The fraction of sp³-hybridized carbons (Fsp3) is 0. The summed E-state index contributed by atoms with van der Waals surface area (Å²) in [7, 11) is 0. The van der Waals surface area contributed by atoms with Crippen LogP contribution in [0.3, 0.4) is 0 Å². The minimum Gasteiger partial charge on any atom is -0.351 e. The molecule has 2 aromatic carbocycles. The highest BCUT2D eigenvalue weighted by Crippen LogP contribution is 2.08. The lowest BCUT2D eigenvalue weighted by Gasteiger charge is -1.91. The van der Waals surface area contributed by atoms with Crippen molar-refractivity contribution in [3.05, 3.63) is 104 Å². The second kappa shape index (κ2) is 8.93. The standard InChI is InChI=1S/2C9H7N.C3H4N2/c2*1-2-6-9-8(4-1)5-3-7-10-9;1-2-5-3-4-1/h2*1-7H;1-3H,(H,4,5). The molecule has 0 aliphatic carbocycles. The Bertz CT molecular complexity index is 791. The van der Waals surface area contributed by atoms with Gasteiger partial charge in [-0.15, -0.1) is 0 Å². The SMILES string of the molecule is c1c[nH]cn1.c1ccc2ncccc2c1.c1ccc2ncccc2c1. The Labute approximate surface area is 146 Å². The highest BCUT2D eigenvalue weighted by Gasteiger charge is 1.87. The maximum Gasteiger partial charge on any atom is 0.0919 e. The van der Waals surface area contributed by atoms with Crippen LogP contribution >= 0.6 is 0 Å². The van der Waals surface area contributed by atoms with E-state index in [0.717, 1.165) is 11.0 Å². The number of aromatic nitrogens is 4. The summed E-state index contributed by atoms with van der Waals surface area (Å²) >= 11 is 0. The van der Waals surface area contributed by atoms with Gasteiger partial charge in [-0.25, -0.2) is 4.98 Å². The Morgan fingerprint density at radius 1 is 0.560 bits per heavy atom. The van der Waals surface area contributed by atoms with Crippen LogP contribution in [0.25, 0.3) is 21.8 Å². The molecule has 3 aromatic heterocycles. The quantitative estimate of drug-likeness (QED) is 0.441. The molecular formula is C21H18N4. The number of fused-ring (bicyclic) bond motifs is 2. The van der Waals surface area contributed by atoms with E-state index in [-0.39, 0.29) is 0 Å². The van der Waals surface area contributed by atoms with Gasteiger partial charge in [-0.3, -0.25) is 9.97 Å². The van der Waals surface area contributed by atoms with E-state index in [9.17, 15) is 0 Å². The Kier molecular flexibility index (Phi) is 5.84. The molecule has 0 unspecified atom stereocenters. The first-order valence-electron chi connectivity index (χ1n) is 7.96. The summed E-state index contributed by atoms with van der Waals surface area (Å²) in [4.78, 5) is 14.8. The Balaban J connectivity index is 0.000000116. The van der Waals surface area contributed by atoms with E-state index in [2.05, 4.69) is 44.2 Å². The maximum atomic E-state index is 4.18. The molecule has 0 aliphatic heterocycles. The molecule has 4 heteroatoms. The second-order valence-electron chi connectivity index (χ2n) is 5.15. The van der Waals surface area contributed by atoms with E-state index in [1.54, 1.807) is 18.7 Å². The fourth-order valence-electron chi connectivity index (χ4n) is 2.25. The molecule has 5 aromatic rings. The lowest BCUT2D eigenvalue weighted by Crippen LogP contribution is -1.73. The number of rotatable bonds is 0. The predicted molar refractivity (Wildman–Crippen MR) is 102 cm³/mol. The smallest absolute Gasteiger partial charge is 0.0919 e. The third kappa shape index (κ3) is 4.97. The fourth-order valence-corrected chi connectivity index (χ4v) is 2.25. The molecule has 4 nitrogen and oxygen atoms in total. The molecule has 1 N–H and O–H groups in total. The molecule has 122 valence electrons. The Morgan fingerprint density at radius 3 is 1.48 bits per heavy atom. The number of nitrogens with zero attached hydrogens (tertiary/aromatic N) is 3. The van der Waals surface area contributed by atoms with Gasteiger partial charge in [0.05, 0.1) is 17.4 Å². The van der Waals surface area contributed by atoms with Crippen molar-refractivity contribution < 1.29 is 0 Å². The van der Waals surface area contributed by atoms with E-state index in [1.807, 2.05) is 60.9 Å². The van der Waals surface area contributed by atoms with Crippen molar-refractivity contribution in [3.8, 4) is 0 Å². The number of pyridine rings is 2. The number of aromatic amines is 1. The van der Waals surface area contributed by atoms with E-state index in [1.165, 1.54) is 10.8 Å². The molecule has 0 atom stereocenters. The molecule has 0 saturated carbocycles. The van der Waals surface area contributed by atoms with Crippen molar-refractivity contribution in [3.63, 3.8) is 0 Å². The van der Waals surface area contributed by atoms with Crippen molar-refractivity contribution >= 4 is 21.8 Å².